The van der Waals surface area contributed by atoms with Gasteiger partial charge in [-0.25, -0.2) is 4.98 Å². The molecule has 0 spiro atoms. The Morgan fingerprint density at radius 3 is 3.12 bits per heavy atom. The number of nitrogens with zero attached hydrogens (tertiary/aromatic N) is 3. The van der Waals surface area contributed by atoms with Crippen LogP contribution in [-0.4, -0.2) is 53.0 Å². The van der Waals surface area contributed by atoms with E-state index >= 15 is 0 Å². The molecule has 5 heteroatoms. The van der Waals surface area contributed by atoms with E-state index in [1.165, 1.54) is 0 Å². The standard InChI is InChI=1S/C12H20N4O/c1-15-7-5-14-12(15)9-11(17)10-16-6-2-3-13-4-8-16/h5,7,13H,2-4,6,8-10H2,1H3. The molecule has 1 N–H and O–H groups in total. The predicted octanol–water partition coefficient (Wildman–Crippen LogP) is -0.173. The molecule has 2 heterocycles. The molecule has 17 heavy (non-hydrogen) atoms. The lowest BCUT2D eigenvalue weighted by Gasteiger charge is -2.18. The van der Waals surface area contributed by atoms with Crippen molar-refractivity contribution < 1.29 is 4.79 Å². The molecule has 1 saturated heterocycles. The molecule has 1 aliphatic heterocycles. The van der Waals surface area contributed by atoms with Crippen LogP contribution in [0.3, 0.4) is 0 Å². The fraction of sp³-hybridized carbons (Fsp3) is 0.667. The summed E-state index contributed by atoms with van der Waals surface area (Å²) in [5.74, 6) is 1.10. The van der Waals surface area contributed by atoms with Crippen LogP contribution in [0.15, 0.2) is 12.4 Å². The normalized spacial score (nSPS) is 17.9. The van der Waals surface area contributed by atoms with Crippen LogP contribution in [0.25, 0.3) is 0 Å². The first kappa shape index (κ1) is 12.3. The van der Waals surface area contributed by atoms with Crippen molar-refractivity contribution in [1.82, 2.24) is 19.8 Å². The molecule has 0 aromatic carbocycles. The highest BCUT2D eigenvalue weighted by Gasteiger charge is 2.14. The van der Waals surface area contributed by atoms with Gasteiger partial charge in [-0.1, -0.05) is 0 Å². The SMILES string of the molecule is Cn1ccnc1CC(=O)CN1CCCNCC1. The van der Waals surface area contributed by atoms with Crippen molar-refractivity contribution in [1.29, 1.82) is 0 Å². The molecule has 0 radical (unpaired) electrons. The van der Waals surface area contributed by atoms with Gasteiger partial charge >= 0.3 is 0 Å². The molecule has 2 rings (SSSR count). The molecule has 1 aliphatic rings. The van der Waals surface area contributed by atoms with Crippen LogP contribution < -0.4 is 5.32 Å². The van der Waals surface area contributed by atoms with Gasteiger partial charge in [-0.3, -0.25) is 9.69 Å². The molecule has 94 valence electrons. The molecule has 0 atom stereocenters. The Morgan fingerprint density at radius 2 is 2.35 bits per heavy atom. The fourth-order valence-corrected chi connectivity index (χ4v) is 2.11. The Kier molecular flexibility index (Phi) is 4.28. The smallest absolute Gasteiger partial charge is 0.154 e. The van der Waals surface area contributed by atoms with Crippen molar-refractivity contribution in [3.05, 3.63) is 18.2 Å². The van der Waals surface area contributed by atoms with E-state index in [9.17, 15) is 4.79 Å². The topological polar surface area (TPSA) is 50.2 Å². The van der Waals surface area contributed by atoms with Crippen molar-refractivity contribution in [2.75, 3.05) is 32.7 Å². The first-order chi connectivity index (χ1) is 8.25. The molecular weight excluding hydrogens is 216 g/mol. The van der Waals surface area contributed by atoms with E-state index < -0.39 is 0 Å². The zero-order chi connectivity index (χ0) is 12.1. The monoisotopic (exact) mass is 236 g/mol. The van der Waals surface area contributed by atoms with E-state index in [2.05, 4.69) is 15.2 Å². The van der Waals surface area contributed by atoms with Crippen molar-refractivity contribution in [2.24, 2.45) is 7.05 Å². The Balaban J connectivity index is 1.82. The van der Waals surface area contributed by atoms with Crippen LogP contribution in [0.5, 0.6) is 0 Å². The van der Waals surface area contributed by atoms with Gasteiger partial charge in [0, 0.05) is 32.5 Å². The molecule has 5 nitrogen and oxygen atoms in total. The Hall–Kier alpha value is -1.20. The van der Waals surface area contributed by atoms with Crippen molar-refractivity contribution in [3.63, 3.8) is 0 Å². The van der Waals surface area contributed by atoms with Crippen LogP contribution in [0.4, 0.5) is 0 Å². The van der Waals surface area contributed by atoms with Crippen LogP contribution in [-0.2, 0) is 18.3 Å². The Bertz CT molecular complexity index is 366. The summed E-state index contributed by atoms with van der Waals surface area (Å²) >= 11 is 0. The number of ketones is 1. The highest BCUT2D eigenvalue weighted by atomic mass is 16.1. The summed E-state index contributed by atoms with van der Waals surface area (Å²) in [5.41, 5.74) is 0. The lowest BCUT2D eigenvalue weighted by molar-refractivity contribution is -0.119. The third-order valence-electron chi connectivity index (χ3n) is 3.11. The highest BCUT2D eigenvalue weighted by Crippen LogP contribution is 2.00. The summed E-state index contributed by atoms with van der Waals surface area (Å²) in [7, 11) is 1.92. The zero-order valence-corrected chi connectivity index (χ0v) is 10.4. The summed E-state index contributed by atoms with van der Waals surface area (Å²) in [6, 6.07) is 0. The number of Topliss-reactive ketones (excluding diaryl/α,β-unsaturated/α-hetero) is 1. The molecule has 0 aliphatic carbocycles. The Labute approximate surface area is 102 Å². The second kappa shape index (κ2) is 5.93. The fourth-order valence-electron chi connectivity index (χ4n) is 2.11. The van der Waals surface area contributed by atoms with Crippen molar-refractivity contribution >= 4 is 5.78 Å². The second-order valence-electron chi connectivity index (χ2n) is 4.55. The lowest BCUT2D eigenvalue weighted by Crippen LogP contribution is -2.34. The van der Waals surface area contributed by atoms with Gasteiger partial charge in [0.1, 0.15) is 5.82 Å². The molecular formula is C12H20N4O. The van der Waals surface area contributed by atoms with E-state index in [1.807, 2.05) is 17.8 Å². The van der Waals surface area contributed by atoms with Crippen LogP contribution >= 0.6 is 0 Å². The van der Waals surface area contributed by atoms with Gasteiger partial charge in [-0.05, 0) is 19.5 Å². The number of hydrogen-bond donors (Lipinski definition) is 1. The summed E-state index contributed by atoms with van der Waals surface area (Å²) in [5, 5.41) is 3.34. The Morgan fingerprint density at radius 1 is 1.47 bits per heavy atom. The van der Waals surface area contributed by atoms with E-state index in [4.69, 9.17) is 0 Å². The molecule has 0 bridgehead atoms. The summed E-state index contributed by atoms with van der Waals surface area (Å²) in [4.78, 5) is 18.3. The van der Waals surface area contributed by atoms with Gasteiger partial charge in [0.05, 0.1) is 13.0 Å². The minimum atomic E-state index is 0.251. The third kappa shape index (κ3) is 3.64. The largest absolute Gasteiger partial charge is 0.338 e. The number of rotatable bonds is 4. The first-order valence-electron chi connectivity index (χ1n) is 6.16. The molecule has 1 fully saturated rings. The number of aryl methyl sites for hydroxylation is 1. The van der Waals surface area contributed by atoms with Gasteiger partial charge in [-0.15, -0.1) is 0 Å². The number of carbonyl (C=O) groups excluding carboxylic acids is 1. The predicted molar refractivity (Wildman–Crippen MR) is 65.8 cm³/mol. The average molecular weight is 236 g/mol. The minimum Gasteiger partial charge on any atom is -0.338 e. The van der Waals surface area contributed by atoms with Crippen LogP contribution in [0.2, 0.25) is 0 Å². The van der Waals surface area contributed by atoms with E-state index in [0.717, 1.165) is 38.4 Å². The number of aromatic nitrogens is 2. The van der Waals surface area contributed by atoms with Gasteiger partial charge < -0.3 is 9.88 Å². The van der Waals surface area contributed by atoms with Crippen molar-refractivity contribution in [2.45, 2.75) is 12.8 Å². The first-order valence-corrected chi connectivity index (χ1v) is 6.16. The maximum atomic E-state index is 11.9. The third-order valence-corrected chi connectivity index (χ3v) is 3.11. The van der Waals surface area contributed by atoms with E-state index in [-0.39, 0.29) is 5.78 Å². The summed E-state index contributed by atoms with van der Waals surface area (Å²) < 4.78 is 1.90. The maximum Gasteiger partial charge on any atom is 0.154 e. The molecule has 0 saturated carbocycles. The van der Waals surface area contributed by atoms with Crippen LogP contribution in [0.1, 0.15) is 12.2 Å². The number of hydrogen-bond acceptors (Lipinski definition) is 4. The van der Waals surface area contributed by atoms with Gasteiger partial charge in [0.15, 0.2) is 5.78 Å². The maximum absolute atomic E-state index is 11.9. The highest BCUT2D eigenvalue weighted by molar-refractivity contribution is 5.82. The lowest BCUT2D eigenvalue weighted by atomic mass is 10.2. The molecule has 0 amide bonds. The number of carbonyl (C=O) groups is 1. The quantitative estimate of drug-likeness (QED) is 0.788. The van der Waals surface area contributed by atoms with E-state index in [1.54, 1.807) is 6.20 Å². The molecule has 1 aromatic rings. The minimum absolute atomic E-state index is 0.251. The molecule has 0 unspecified atom stereocenters. The van der Waals surface area contributed by atoms with Crippen LogP contribution in [0, 0.1) is 0 Å². The van der Waals surface area contributed by atoms with Gasteiger partial charge in [0.25, 0.3) is 0 Å². The van der Waals surface area contributed by atoms with E-state index in [0.29, 0.717) is 13.0 Å². The second-order valence-corrected chi connectivity index (χ2v) is 4.55. The summed E-state index contributed by atoms with van der Waals surface area (Å²) in [6.07, 6.45) is 5.17. The molecule has 1 aromatic heterocycles. The number of imidazole rings is 1. The summed E-state index contributed by atoms with van der Waals surface area (Å²) in [6.45, 7) is 4.57. The number of nitrogens with one attached hydrogen (secondary N) is 1. The van der Waals surface area contributed by atoms with Gasteiger partial charge in [-0.2, -0.15) is 0 Å². The zero-order valence-electron chi connectivity index (χ0n) is 10.4. The average Bonchev–Trinajstić information content (AvgIpc) is 2.55. The van der Waals surface area contributed by atoms with Gasteiger partial charge in [0.2, 0.25) is 0 Å². The van der Waals surface area contributed by atoms with Crippen molar-refractivity contribution in [3.8, 4) is 0 Å².